The predicted octanol–water partition coefficient (Wildman–Crippen LogP) is 4.56. The van der Waals surface area contributed by atoms with Crippen molar-refractivity contribution in [1.29, 1.82) is 0 Å². The molecule has 4 nitrogen and oxygen atoms in total. The van der Waals surface area contributed by atoms with Gasteiger partial charge in [0.1, 0.15) is 6.04 Å². The van der Waals surface area contributed by atoms with Crippen LogP contribution in [0.4, 0.5) is 13.2 Å². The Hall–Kier alpha value is -1.79. The van der Waals surface area contributed by atoms with Crippen LogP contribution in [0.3, 0.4) is 0 Å². The lowest BCUT2D eigenvalue weighted by atomic mass is 9.97. The van der Waals surface area contributed by atoms with Crippen molar-refractivity contribution in [2.45, 2.75) is 42.4 Å². The Kier molecular flexibility index (Phi) is 6.44. The van der Waals surface area contributed by atoms with Gasteiger partial charge < -0.3 is 5.11 Å². The first-order valence-electron chi connectivity index (χ1n) is 9.13. The number of pyridine rings is 1. The molecule has 1 aromatic heterocycles. The molecule has 1 saturated carbocycles. The summed E-state index contributed by atoms with van der Waals surface area (Å²) in [6.45, 7) is 1.92. The fourth-order valence-corrected chi connectivity index (χ4v) is 4.97. The van der Waals surface area contributed by atoms with Crippen LogP contribution in [0.2, 0.25) is 0 Å². The molecule has 0 spiro atoms. The van der Waals surface area contributed by atoms with Crippen molar-refractivity contribution in [3.63, 3.8) is 0 Å². The Morgan fingerprint density at radius 1 is 1.28 bits per heavy atom. The van der Waals surface area contributed by atoms with Gasteiger partial charge >= 0.3 is 12.1 Å². The number of benzene rings is 1. The van der Waals surface area contributed by atoms with Crippen LogP contribution in [0.25, 0.3) is 0 Å². The third-order valence-electron chi connectivity index (χ3n) is 4.94. The third-order valence-corrected chi connectivity index (χ3v) is 6.11. The van der Waals surface area contributed by atoms with Crippen LogP contribution in [0.15, 0.2) is 40.2 Å². The molecule has 4 rings (SSSR count). The monoisotopic (exact) mass is 443 g/mol. The maximum atomic E-state index is 13.0. The fourth-order valence-electron chi connectivity index (χ4n) is 3.55. The quantitative estimate of drug-likeness (QED) is 0.704. The number of carboxylic acid groups (broad SMARTS) is 1. The SMILES string of the molecule is CP.O=C(O)C1CSc2c(C3CC3)c(Cc3cccc(C(F)(F)F)c3)cc(=O)n21. The van der Waals surface area contributed by atoms with E-state index in [0.29, 0.717) is 16.2 Å². The summed E-state index contributed by atoms with van der Waals surface area (Å²) in [5.74, 6) is -0.513. The molecule has 2 atom stereocenters. The number of aliphatic carboxylic acids is 1. The maximum Gasteiger partial charge on any atom is 0.416 e. The van der Waals surface area contributed by atoms with Gasteiger partial charge in [0.2, 0.25) is 0 Å². The van der Waals surface area contributed by atoms with Crippen molar-refractivity contribution in [3.05, 3.63) is 62.9 Å². The van der Waals surface area contributed by atoms with Crippen LogP contribution in [0.1, 0.15) is 47.1 Å². The highest BCUT2D eigenvalue weighted by Crippen LogP contribution is 2.48. The molecule has 0 bridgehead atoms. The Balaban J connectivity index is 0.00000117. The van der Waals surface area contributed by atoms with Crippen molar-refractivity contribution in [3.8, 4) is 0 Å². The lowest BCUT2D eigenvalue weighted by Crippen LogP contribution is -2.29. The molecule has 1 fully saturated rings. The summed E-state index contributed by atoms with van der Waals surface area (Å²) >= 11 is 1.35. The molecule has 1 aromatic carbocycles. The number of hydrogen-bond acceptors (Lipinski definition) is 3. The van der Waals surface area contributed by atoms with E-state index in [-0.39, 0.29) is 18.1 Å². The molecule has 9 heteroatoms. The topological polar surface area (TPSA) is 59.3 Å². The first-order valence-corrected chi connectivity index (χ1v) is 11.3. The highest BCUT2D eigenvalue weighted by molar-refractivity contribution is 7.99. The average Bonchev–Trinajstić information content (AvgIpc) is 3.39. The van der Waals surface area contributed by atoms with E-state index in [1.54, 1.807) is 6.07 Å². The molecule has 2 heterocycles. The lowest BCUT2D eigenvalue weighted by Gasteiger charge is -2.16. The molecule has 1 aliphatic carbocycles. The van der Waals surface area contributed by atoms with E-state index in [1.165, 1.54) is 28.5 Å². The van der Waals surface area contributed by atoms with E-state index in [2.05, 4.69) is 9.24 Å². The van der Waals surface area contributed by atoms with E-state index in [9.17, 15) is 27.9 Å². The second kappa shape index (κ2) is 8.52. The summed E-state index contributed by atoms with van der Waals surface area (Å²) in [4.78, 5) is 24.0. The van der Waals surface area contributed by atoms with Gasteiger partial charge in [-0.1, -0.05) is 24.9 Å². The Morgan fingerprint density at radius 2 is 1.97 bits per heavy atom. The van der Waals surface area contributed by atoms with Gasteiger partial charge in [-0.25, -0.2) is 4.79 Å². The molecule has 156 valence electrons. The van der Waals surface area contributed by atoms with Crippen LogP contribution in [0.5, 0.6) is 0 Å². The Labute approximate surface area is 172 Å². The highest BCUT2D eigenvalue weighted by Gasteiger charge is 2.37. The zero-order valence-electron chi connectivity index (χ0n) is 15.7. The number of alkyl halides is 3. The zero-order valence-corrected chi connectivity index (χ0v) is 17.7. The molecule has 2 aromatic rings. The van der Waals surface area contributed by atoms with Gasteiger partial charge in [-0.3, -0.25) is 9.36 Å². The first kappa shape index (κ1) is 21.9. The zero-order chi connectivity index (χ0) is 21.3. The van der Waals surface area contributed by atoms with E-state index in [0.717, 1.165) is 30.5 Å². The fraction of sp³-hybridized carbons (Fsp3) is 0.400. The minimum Gasteiger partial charge on any atom is -0.480 e. The largest absolute Gasteiger partial charge is 0.480 e. The second-order valence-corrected chi connectivity index (χ2v) is 7.92. The molecule has 0 saturated heterocycles. The van der Waals surface area contributed by atoms with Gasteiger partial charge in [0.05, 0.1) is 10.6 Å². The van der Waals surface area contributed by atoms with Crippen molar-refractivity contribution < 1.29 is 23.1 Å². The number of carboxylic acids is 1. The normalized spacial score (nSPS) is 18.0. The Morgan fingerprint density at radius 3 is 2.55 bits per heavy atom. The average molecular weight is 443 g/mol. The van der Waals surface area contributed by atoms with Crippen molar-refractivity contribution in [2.24, 2.45) is 0 Å². The van der Waals surface area contributed by atoms with Crippen molar-refractivity contribution in [1.82, 2.24) is 4.57 Å². The van der Waals surface area contributed by atoms with Gasteiger partial charge in [-0.2, -0.15) is 13.2 Å². The number of aromatic nitrogens is 1. The molecule has 1 N–H and O–H groups in total. The van der Waals surface area contributed by atoms with E-state index >= 15 is 0 Å². The summed E-state index contributed by atoms with van der Waals surface area (Å²) in [7, 11) is 2.42. The van der Waals surface area contributed by atoms with Gasteiger partial charge in [-0.15, -0.1) is 21.0 Å². The van der Waals surface area contributed by atoms with Crippen LogP contribution in [-0.4, -0.2) is 28.1 Å². The van der Waals surface area contributed by atoms with Crippen molar-refractivity contribution >= 4 is 27.0 Å². The molecule has 2 unspecified atom stereocenters. The summed E-state index contributed by atoms with van der Waals surface area (Å²) in [6, 6.07) is 5.62. The molecule has 2 aliphatic rings. The number of halogens is 3. The number of thioether (sulfide) groups is 1. The minimum absolute atomic E-state index is 0.219. The molecular formula is C20H21F3NO3PS. The van der Waals surface area contributed by atoms with Gasteiger partial charge in [0, 0.05) is 11.8 Å². The molecule has 0 radical (unpaired) electrons. The number of fused-ring (bicyclic) bond motifs is 1. The smallest absolute Gasteiger partial charge is 0.416 e. The summed E-state index contributed by atoms with van der Waals surface area (Å²) < 4.78 is 40.3. The highest BCUT2D eigenvalue weighted by atomic mass is 32.2. The van der Waals surface area contributed by atoms with Gasteiger partial charge in [0.25, 0.3) is 5.56 Å². The van der Waals surface area contributed by atoms with E-state index in [4.69, 9.17) is 0 Å². The number of carbonyl (C=O) groups is 1. The van der Waals surface area contributed by atoms with Crippen LogP contribution < -0.4 is 5.56 Å². The standard InChI is InChI=1S/C19H16F3NO3S.CH5P/c20-19(21,22)13-3-1-2-10(7-13)6-12-8-15(24)23-14(18(25)26)9-27-17(23)16(12)11-4-5-11;1-2/h1-3,7-8,11,14H,4-6,9H2,(H,25,26);2H2,1H3. The first-order chi connectivity index (χ1) is 13.8. The summed E-state index contributed by atoms with van der Waals surface area (Å²) in [5, 5.41) is 10.0. The van der Waals surface area contributed by atoms with Crippen LogP contribution in [-0.2, 0) is 17.4 Å². The van der Waals surface area contributed by atoms with Gasteiger partial charge in [0.15, 0.2) is 0 Å². The number of rotatable bonds is 4. The summed E-state index contributed by atoms with van der Waals surface area (Å²) in [6.07, 6.45) is -2.31. The molecule has 0 amide bonds. The van der Waals surface area contributed by atoms with Gasteiger partial charge in [-0.05, 0) is 47.9 Å². The lowest BCUT2D eigenvalue weighted by molar-refractivity contribution is -0.140. The van der Waals surface area contributed by atoms with Crippen LogP contribution in [0, 0.1) is 0 Å². The molecule has 29 heavy (non-hydrogen) atoms. The third kappa shape index (κ3) is 4.53. The number of nitrogens with zero attached hydrogens (tertiary/aromatic N) is 1. The maximum absolute atomic E-state index is 13.0. The second-order valence-electron chi connectivity index (χ2n) is 6.91. The summed E-state index contributed by atoms with van der Waals surface area (Å²) in [5.41, 5.74) is 0.987. The van der Waals surface area contributed by atoms with E-state index in [1.807, 2.05) is 6.66 Å². The Bertz CT molecular complexity index is 986. The molecular weight excluding hydrogens is 422 g/mol. The predicted molar refractivity (Wildman–Crippen MR) is 110 cm³/mol. The van der Waals surface area contributed by atoms with Crippen molar-refractivity contribution in [2.75, 3.05) is 12.4 Å². The van der Waals surface area contributed by atoms with Crippen LogP contribution >= 0.6 is 21.0 Å². The molecule has 1 aliphatic heterocycles. The number of hydrogen-bond donors (Lipinski definition) is 1. The van der Waals surface area contributed by atoms with E-state index < -0.39 is 29.3 Å². The minimum atomic E-state index is -4.42.